The summed E-state index contributed by atoms with van der Waals surface area (Å²) in [5.74, 6) is 0.392. The van der Waals surface area contributed by atoms with Gasteiger partial charge >= 0.3 is 6.18 Å². The molecule has 5 nitrogen and oxygen atoms in total. The van der Waals surface area contributed by atoms with Gasteiger partial charge in [0.05, 0.1) is 17.6 Å². The van der Waals surface area contributed by atoms with E-state index in [0.717, 1.165) is 11.1 Å². The quantitative estimate of drug-likeness (QED) is 0.640. The number of aryl methyl sites for hydroxylation is 1. The molecule has 1 N–H and O–H groups in total. The van der Waals surface area contributed by atoms with Crippen LogP contribution in [0.4, 0.5) is 19.0 Å². The zero-order chi connectivity index (χ0) is 20.7. The molecule has 0 fully saturated rings. The molecule has 1 amide bonds. The second-order valence-corrected chi connectivity index (χ2v) is 9.03. The third-order valence-corrected chi connectivity index (χ3v) is 5.04. The summed E-state index contributed by atoms with van der Waals surface area (Å²) in [6, 6.07) is 3.65. The fourth-order valence-corrected chi connectivity index (χ4v) is 3.59. The van der Waals surface area contributed by atoms with Crippen molar-refractivity contribution in [3.8, 4) is 0 Å². The van der Waals surface area contributed by atoms with Crippen molar-refractivity contribution in [2.24, 2.45) is 5.41 Å². The number of pyridine rings is 1. The van der Waals surface area contributed by atoms with Gasteiger partial charge in [0.25, 0.3) is 0 Å². The zero-order valence-corrected chi connectivity index (χ0v) is 16.8. The van der Waals surface area contributed by atoms with E-state index in [0.29, 0.717) is 34.0 Å². The summed E-state index contributed by atoms with van der Waals surface area (Å²) in [5.41, 5.74) is 2.11. The van der Waals surface area contributed by atoms with Gasteiger partial charge in [-0.05, 0) is 30.0 Å². The first kappa shape index (κ1) is 20.3. The van der Waals surface area contributed by atoms with Crippen LogP contribution in [0.15, 0.2) is 24.5 Å². The maximum atomic E-state index is 12.7. The van der Waals surface area contributed by atoms with Gasteiger partial charge in [-0.2, -0.15) is 13.2 Å². The number of hydrogen-bond acceptors (Lipinski definition) is 4. The molecular weight excluding hydrogens is 389 g/mol. The molecule has 3 heterocycles. The summed E-state index contributed by atoms with van der Waals surface area (Å²) in [5, 5.41) is 2.00. The van der Waals surface area contributed by atoms with Crippen molar-refractivity contribution < 1.29 is 18.0 Å². The molecule has 0 aliphatic carbocycles. The summed E-state index contributed by atoms with van der Waals surface area (Å²) < 4.78 is 40.0. The molecule has 0 saturated carbocycles. The van der Waals surface area contributed by atoms with E-state index in [1.54, 1.807) is 12.3 Å². The van der Waals surface area contributed by atoms with Gasteiger partial charge in [-0.3, -0.25) is 4.79 Å². The highest BCUT2D eigenvalue weighted by molar-refractivity contribution is 7.11. The van der Waals surface area contributed by atoms with Crippen molar-refractivity contribution in [3.63, 3.8) is 0 Å². The number of amides is 1. The Morgan fingerprint density at radius 1 is 1.29 bits per heavy atom. The smallest absolute Gasteiger partial charge is 0.341 e. The minimum atomic E-state index is -4.43. The number of nitrogens with one attached hydrogen (secondary N) is 1. The maximum absolute atomic E-state index is 12.7. The molecule has 150 valence electrons. The molecular formula is C19H21F3N4OS. The average molecular weight is 410 g/mol. The molecule has 3 rings (SSSR count). The number of anilines is 1. The lowest BCUT2D eigenvalue weighted by Crippen LogP contribution is -2.20. The average Bonchev–Trinajstić information content (AvgIpc) is 3.14. The van der Waals surface area contributed by atoms with Gasteiger partial charge in [-0.25, -0.2) is 9.97 Å². The number of nitrogens with zero attached hydrogens (tertiary/aromatic N) is 3. The van der Waals surface area contributed by atoms with Gasteiger partial charge in [0, 0.05) is 23.7 Å². The van der Waals surface area contributed by atoms with Crippen LogP contribution in [0.5, 0.6) is 0 Å². The summed E-state index contributed by atoms with van der Waals surface area (Å²) in [4.78, 5) is 20.7. The van der Waals surface area contributed by atoms with Crippen LogP contribution in [0.1, 0.15) is 42.6 Å². The van der Waals surface area contributed by atoms with E-state index in [1.165, 1.54) is 6.20 Å². The van der Waals surface area contributed by atoms with Gasteiger partial charge in [-0.15, -0.1) is 11.3 Å². The van der Waals surface area contributed by atoms with Crippen molar-refractivity contribution in [2.75, 3.05) is 5.32 Å². The number of carbonyl (C=O) groups is 1. The van der Waals surface area contributed by atoms with Gasteiger partial charge in [-0.1, -0.05) is 20.8 Å². The van der Waals surface area contributed by atoms with Crippen LogP contribution in [0.2, 0.25) is 0 Å². The number of halogens is 3. The lowest BCUT2D eigenvalue weighted by atomic mass is 9.92. The molecule has 0 atom stereocenters. The Morgan fingerprint density at radius 2 is 2.00 bits per heavy atom. The lowest BCUT2D eigenvalue weighted by Gasteiger charge is -2.17. The van der Waals surface area contributed by atoms with E-state index >= 15 is 0 Å². The van der Waals surface area contributed by atoms with Crippen LogP contribution in [0.3, 0.4) is 0 Å². The van der Waals surface area contributed by atoms with Gasteiger partial charge < -0.3 is 9.88 Å². The van der Waals surface area contributed by atoms with Crippen LogP contribution in [0.25, 0.3) is 11.0 Å². The number of hydrogen-bond donors (Lipinski definition) is 1. The number of aromatic nitrogens is 3. The number of thiazole rings is 1. The van der Waals surface area contributed by atoms with E-state index in [-0.39, 0.29) is 17.9 Å². The second kappa shape index (κ2) is 7.20. The minimum absolute atomic E-state index is 0.105. The van der Waals surface area contributed by atoms with Crippen LogP contribution >= 0.6 is 11.3 Å². The number of fused-ring (bicyclic) bond motifs is 1. The summed E-state index contributed by atoms with van der Waals surface area (Å²) in [6.45, 7) is 8.07. The molecule has 9 heteroatoms. The van der Waals surface area contributed by atoms with E-state index in [2.05, 4.69) is 15.3 Å². The number of carbonyl (C=O) groups excluding carboxylic acids is 1. The third-order valence-electron chi connectivity index (χ3n) is 4.01. The molecule has 0 saturated heterocycles. The molecule has 0 bridgehead atoms. The molecule has 0 unspecified atom stereocenters. The van der Waals surface area contributed by atoms with Gasteiger partial charge in [0.2, 0.25) is 5.91 Å². The maximum Gasteiger partial charge on any atom is 0.443 e. The van der Waals surface area contributed by atoms with Crippen LogP contribution < -0.4 is 5.32 Å². The first-order chi connectivity index (χ1) is 12.9. The topological polar surface area (TPSA) is 59.8 Å². The fraction of sp³-hybridized carbons (Fsp3) is 0.421. The third kappa shape index (κ3) is 4.70. The summed E-state index contributed by atoms with van der Waals surface area (Å²) >= 11 is 0.633. The molecule has 28 heavy (non-hydrogen) atoms. The van der Waals surface area contributed by atoms with E-state index < -0.39 is 11.2 Å². The Bertz CT molecular complexity index is 1010. The van der Waals surface area contributed by atoms with Crippen LogP contribution in [-0.4, -0.2) is 20.4 Å². The Kier molecular flexibility index (Phi) is 5.22. The highest BCUT2D eigenvalue weighted by atomic mass is 32.1. The van der Waals surface area contributed by atoms with Crippen molar-refractivity contribution in [1.82, 2.24) is 14.5 Å². The Morgan fingerprint density at radius 3 is 2.61 bits per heavy atom. The van der Waals surface area contributed by atoms with Crippen molar-refractivity contribution in [1.29, 1.82) is 0 Å². The first-order valence-corrected chi connectivity index (χ1v) is 9.52. The zero-order valence-electron chi connectivity index (χ0n) is 16.0. The van der Waals surface area contributed by atoms with Crippen LogP contribution in [-0.2, 0) is 17.5 Å². The predicted octanol–water partition coefficient (Wildman–Crippen LogP) is 5.24. The lowest BCUT2D eigenvalue weighted by molar-refractivity contribution is -0.137. The molecule has 0 radical (unpaired) electrons. The largest absolute Gasteiger partial charge is 0.443 e. The fourth-order valence-electron chi connectivity index (χ4n) is 2.81. The summed E-state index contributed by atoms with van der Waals surface area (Å²) in [7, 11) is 0. The van der Waals surface area contributed by atoms with Crippen molar-refractivity contribution in [2.45, 2.75) is 46.8 Å². The Balaban J connectivity index is 1.82. The highest BCUT2D eigenvalue weighted by Gasteiger charge is 2.34. The van der Waals surface area contributed by atoms with Crippen LogP contribution in [0, 0.1) is 12.3 Å². The molecule has 3 aromatic heterocycles. The molecule has 0 aliphatic rings. The van der Waals surface area contributed by atoms with Crippen molar-refractivity contribution >= 4 is 34.1 Å². The SMILES string of the molecule is Cc1cc2c(ccn2Cc2cnc(C(F)(F)F)s2)nc1NC(=O)CC(C)(C)C. The second-order valence-electron chi connectivity index (χ2n) is 7.92. The molecule has 3 aromatic rings. The van der Waals surface area contributed by atoms with E-state index in [4.69, 9.17) is 0 Å². The number of alkyl halides is 3. The van der Waals surface area contributed by atoms with Gasteiger partial charge in [0.15, 0.2) is 5.01 Å². The van der Waals surface area contributed by atoms with Gasteiger partial charge in [0.1, 0.15) is 5.82 Å². The van der Waals surface area contributed by atoms with Crippen molar-refractivity contribution in [3.05, 3.63) is 40.0 Å². The predicted molar refractivity (Wildman–Crippen MR) is 103 cm³/mol. The molecule has 0 spiro atoms. The van der Waals surface area contributed by atoms with E-state index in [9.17, 15) is 18.0 Å². The minimum Gasteiger partial charge on any atom is -0.341 e. The standard InChI is InChI=1S/C19H21F3N4OS/c1-11-7-14-13(24-16(11)25-15(27)8-18(2,3)4)5-6-26(14)10-12-9-23-17(28-12)19(20,21)22/h5-7,9H,8,10H2,1-4H3,(H,24,25,27). The van der Waals surface area contributed by atoms with E-state index in [1.807, 2.05) is 38.3 Å². The Labute approximate surface area is 164 Å². The molecule has 0 aromatic carbocycles. The summed E-state index contributed by atoms with van der Waals surface area (Å²) in [6.07, 6.45) is -1.04. The normalized spacial score (nSPS) is 12.5. The number of rotatable bonds is 4. The first-order valence-electron chi connectivity index (χ1n) is 8.71. The highest BCUT2D eigenvalue weighted by Crippen LogP contribution is 2.33. The monoisotopic (exact) mass is 410 g/mol. The Hall–Kier alpha value is -2.42. The molecule has 0 aliphatic heterocycles.